The second-order valence-corrected chi connectivity index (χ2v) is 5.65. The zero-order chi connectivity index (χ0) is 13.8. The maximum absolute atomic E-state index is 12.3. The lowest BCUT2D eigenvalue weighted by molar-refractivity contribution is 0.0785. The lowest BCUT2D eigenvalue weighted by Crippen LogP contribution is -2.26. The van der Waals surface area contributed by atoms with Crippen LogP contribution < -0.4 is 0 Å². The Morgan fingerprint density at radius 2 is 1.95 bits per heavy atom. The summed E-state index contributed by atoms with van der Waals surface area (Å²) in [5, 5.41) is 0.681. The van der Waals surface area contributed by atoms with Crippen molar-refractivity contribution in [1.82, 2.24) is 4.90 Å². The number of hydrogen-bond donors (Lipinski definition) is 0. The highest BCUT2D eigenvalue weighted by atomic mass is 79.9. The topological polar surface area (TPSA) is 20.3 Å². The van der Waals surface area contributed by atoms with Gasteiger partial charge in [-0.1, -0.05) is 45.7 Å². The summed E-state index contributed by atoms with van der Waals surface area (Å²) < 4.78 is 0.898. The normalized spacial score (nSPS) is 10.3. The molecule has 0 saturated heterocycles. The summed E-state index contributed by atoms with van der Waals surface area (Å²) in [6, 6.07) is 14.9. The standard InChI is InChI=1S/C15H13BrClNO/c1-18(10-11-4-2-7-14(17)8-11)15(19)12-5-3-6-13(16)9-12/h2-9H,10H2,1H3. The molecule has 2 aromatic carbocycles. The van der Waals surface area contributed by atoms with E-state index in [-0.39, 0.29) is 5.91 Å². The Kier molecular flexibility index (Phi) is 4.61. The Balaban J connectivity index is 2.12. The number of hydrogen-bond acceptors (Lipinski definition) is 1. The van der Waals surface area contributed by atoms with Gasteiger partial charge in [-0.15, -0.1) is 0 Å². The molecule has 0 spiro atoms. The average Bonchev–Trinajstić information content (AvgIpc) is 2.38. The minimum atomic E-state index is -0.0127. The molecule has 2 aromatic rings. The van der Waals surface area contributed by atoms with E-state index >= 15 is 0 Å². The molecule has 0 unspecified atom stereocenters. The van der Waals surface area contributed by atoms with Gasteiger partial charge in [-0.3, -0.25) is 4.79 Å². The third-order valence-corrected chi connectivity index (χ3v) is 3.46. The lowest BCUT2D eigenvalue weighted by Gasteiger charge is -2.17. The highest BCUT2D eigenvalue weighted by Crippen LogP contribution is 2.16. The Morgan fingerprint density at radius 3 is 2.63 bits per heavy atom. The molecule has 4 heteroatoms. The van der Waals surface area contributed by atoms with Crippen molar-refractivity contribution < 1.29 is 4.79 Å². The van der Waals surface area contributed by atoms with E-state index in [1.54, 1.807) is 11.9 Å². The Morgan fingerprint density at radius 1 is 1.21 bits per heavy atom. The van der Waals surface area contributed by atoms with E-state index in [2.05, 4.69) is 15.9 Å². The summed E-state index contributed by atoms with van der Waals surface area (Å²) in [7, 11) is 1.78. The number of rotatable bonds is 3. The number of carbonyl (C=O) groups is 1. The van der Waals surface area contributed by atoms with Gasteiger partial charge in [0.1, 0.15) is 0 Å². The van der Waals surface area contributed by atoms with E-state index in [4.69, 9.17) is 11.6 Å². The van der Waals surface area contributed by atoms with Gasteiger partial charge >= 0.3 is 0 Å². The van der Waals surface area contributed by atoms with Gasteiger partial charge in [0.15, 0.2) is 0 Å². The monoisotopic (exact) mass is 337 g/mol. The number of benzene rings is 2. The van der Waals surface area contributed by atoms with Crippen LogP contribution in [-0.2, 0) is 6.54 Å². The molecule has 0 bridgehead atoms. The highest BCUT2D eigenvalue weighted by molar-refractivity contribution is 9.10. The lowest BCUT2D eigenvalue weighted by atomic mass is 10.1. The van der Waals surface area contributed by atoms with Gasteiger partial charge in [-0.2, -0.15) is 0 Å². The molecule has 0 saturated carbocycles. The van der Waals surface area contributed by atoms with Crippen molar-refractivity contribution >= 4 is 33.4 Å². The Bertz CT molecular complexity index is 600. The fraction of sp³-hybridized carbons (Fsp3) is 0.133. The van der Waals surface area contributed by atoms with Crippen LogP contribution in [0, 0.1) is 0 Å². The molecule has 0 aliphatic rings. The van der Waals surface area contributed by atoms with Crippen LogP contribution in [0.3, 0.4) is 0 Å². The van der Waals surface area contributed by atoms with Crippen LogP contribution in [-0.4, -0.2) is 17.9 Å². The Hall–Kier alpha value is -1.32. The van der Waals surface area contributed by atoms with Gasteiger partial charge in [0.25, 0.3) is 5.91 Å². The second-order valence-electron chi connectivity index (χ2n) is 4.30. The predicted octanol–water partition coefficient (Wildman–Crippen LogP) is 4.37. The van der Waals surface area contributed by atoms with Gasteiger partial charge in [-0.25, -0.2) is 0 Å². The van der Waals surface area contributed by atoms with Gasteiger partial charge in [0.05, 0.1) is 0 Å². The molecule has 0 radical (unpaired) electrons. The summed E-state index contributed by atoms with van der Waals surface area (Å²) in [6.07, 6.45) is 0. The van der Waals surface area contributed by atoms with Crippen LogP contribution in [0.4, 0.5) is 0 Å². The minimum absolute atomic E-state index is 0.0127. The fourth-order valence-electron chi connectivity index (χ4n) is 1.82. The van der Waals surface area contributed by atoms with Crippen molar-refractivity contribution in [3.05, 3.63) is 69.2 Å². The van der Waals surface area contributed by atoms with Gasteiger partial charge in [0, 0.05) is 28.7 Å². The molecule has 0 aliphatic heterocycles. The summed E-state index contributed by atoms with van der Waals surface area (Å²) in [4.78, 5) is 13.9. The molecule has 0 heterocycles. The number of nitrogens with zero attached hydrogens (tertiary/aromatic N) is 1. The van der Waals surface area contributed by atoms with Crippen LogP contribution in [0.25, 0.3) is 0 Å². The van der Waals surface area contributed by atoms with Crippen LogP contribution in [0.2, 0.25) is 5.02 Å². The second kappa shape index (κ2) is 6.22. The van der Waals surface area contributed by atoms with E-state index in [1.165, 1.54) is 0 Å². The SMILES string of the molecule is CN(Cc1cccc(Cl)c1)C(=O)c1cccc(Br)c1. The van der Waals surface area contributed by atoms with Crippen molar-refractivity contribution in [2.24, 2.45) is 0 Å². The molecule has 0 aliphatic carbocycles. The summed E-state index contributed by atoms with van der Waals surface area (Å²) >= 11 is 9.30. The molecule has 2 nitrogen and oxygen atoms in total. The number of carbonyl (C=O) groups excluding carboxylic acids is 1. The predicted molar refractivity (Wildman–Crippen MR) is 81.4 cm³/mol. The van der Waals surface area contributed by atoms with Crippen LogP contribution >= 0.6 is 27.5 Å². The molecule has 19 heavy (non-hydrogen) atoms. The van der Waals surface area contributed by atoms with Gasteiger partial charge in [0.2, 0.25) is 0 Å². The quantitative estimate of drug-likeness (QED) is 0.813. The molecule has 1 amide bonds. The molecule has 2 rings (SSSR count). The van der Waals surface area contributed by atoms with E-state index < -0.39 is 0 Å². The van der Waals surface area contributed by atoms with Crippen LogP contribution in [0.5, 0.6) is 0 Å². The fourth-order valence-corrected chi connectivity index (χ4v) is 2.44. The highest BCUT2D eigenvalue weighted by Gasteiger charge is 2.12. The van der Waals surface area contributed by atoms with Gasteiger partial charge in [-0.05, 0) is 35.9 Å². The molecule has 0 fully saturated rings. The maximum Gasteiger partial charge on any atom is 0.253 e. The number of halogens is 2. The third-order valence-electron chi connectivity index (χ3n) is 2.73. The first-order valence-corrected chi connectivity index (χ1v) is 6.99. The minimum Gasteiger partial charge on any atom is -0.337 e. The molecule has 0 aromatic heterocycles. The van der Waals surface area contributed by atoms with Crippen molar-refractivity contribution in [1.29, 1.82) is 0 Å². The van der Waals surface area contributed by atoms with Crippen LogP contribution in [0.15, 0.2) is 53.0 Å². The van der Waals surface area contributed by atoms with Crippen molar-refractivity contribution in [2.45, 2.75) is 6.54 Å². The molecule has 98 valence electrons. The molecular weight excluding hydrogens is 326 g/mol. The number of amides is 1. The maximum atomic E-state index is 12.3. The van der Waals surface area contributed by atoms with Crippen molar-refractivity contribution in [3.8, 4) is 0 Å². The van der Waals surface area contributed by atoms with E-state index in [1.807, 2.05) is 48.5 Å². The molecular formula is C15H13BrClNO. The van der Waals surface area contributed by atoms with Crippen LogP contribution in [0.1, 0.15) is 15.9 Å². The summed E-state index contributed by atoms with van der Waals surface area (Å²) in [5.41, 5.74) is 1.68. The van der Waals surface area contributed by atoms with Crippen molar-refractivity contribution in [3.63, 3.8) is 0 Å². The molecule has 0 N–H and O–H groups in total. The first-order valence-electron chi connectivity index (χ1n) is 5.82. The first-order chi connectivity index (χ1) is 9.06. The largest absolute Gasteiger partial charge is 0.337 e. The first kappa shape index (κ1) is 14.1. The summed E-state index contributed by atoms with van der Waals surface area (Å²) in [6.45, 7) is 0.534. The zero-order valence-electron chi connectivity index (χ0n) is 10.4. The zero-order valence-corrected chi connectivity index (χ0v) is 12.8. The molecule has 0 atom stereocenters. The average molecular weight is 339 g/mol. The van der Waals surface area contributed by atoms with E-state index in [0.29, 0.717) is 17.1 Å². The summed E-state index contributed by atoms with van der Waals surface area (Å²) in [5.74, 6) is -0.0127. The van der Waals surface area contributed by atoms with Gasteiger partial charge < -0.3 is 4.90 Å². The smallest absolute Gasteiger partial charge is 0.253 e. The van der Waals surface area contributed by atoms with E-state index in [0.717, 1.165) is 10.0 Å². The van der Waals surface area contributed by atoms with E-state index in [9.17, 15) is 4.79 Å². The third kappa shape index (κ3) is 3.82. The van der Waals surface area contributed by atoms with Crippen molar-refractivity contribution in [2.75, 3.05) is 7.05 Å². The Labute approximate surface area is 126 Å².